The Bertz CT molecular complexity index is 384. The van der Waals surface area contributed by atoms with Crippen molar-refractivity contribution in [1.29, 1.82) is 0 Å². The first-order valence-corrected chi connectivity index (χ1v) is 8.04. The Labute approximate surface area is 115 Å². The van der Waals surface area contributed by atoms with Crippen molar-refractivity contribution in [2.45, 2.75) is 70.2 Å². The van der Waals surface area contributed by atoms with Gasteiger partial charge in [-0.2, -0.15) is 0 Å². The van der Waals surface area contributed by atoms with Crippen LogP contribution in [0.25, 0.3) is 0 Å². The molecule has 0 aromatic heterocycles. The molecule has 3 heteroatoms. The second kappa shape index (κ2) is 3.96. The Kier molecular flexibility index (Phi) is 2.63. The highest BCUT2D eigenvalue weighted by atomic mass is 17.2. The van der Waals surface area contributed by atoms with Gasteiger partial charge >= 0.3 is 0 Å². The molecule has 5 aliphatic rings. The fourth-order valence-corrected chi connectivity index (χ4v) is 5.42. The van der Waals surface area contributed by atoms with Crippen molar-refractivity contribution < 1.29 is 14.5 Å². The summed E-state index contributed by atoms with van der Waals surface area (Å²) in [7, 11) is 0. The molecule has 108 valence electrons. The second-order valence-electron chi connectivity index (χ2n) is 7.78. The third-order valence-corrected chi connectivity index (χ3v) is 6.52. The van der Waals surface area contributed by atoms with E-state index in [4.69, 9.17) is 14.5 Å². The fourth-order valence-electron chi connectivity index (χ4n) is 5.42. The highest BCUT2D eigenvalue weighted by Gasteiger charge is 2.66. The van der Waals surface area contributed by atoms with Crippen LogP contribution in [0.5, 0.6) is 0 Å². The van der Waals surface area contributed by atoms with Crippen molar-refractivity contribution >= 4 is 0 Å². The third kappa shape index (κ3) is 1.55. The van der Waals surface area contributed by atoms with E-state index in [9.17, 15) is 0 Å². The standard InChI is InChI=1S/C16H26O3/c1-10-4-5-12-11(2)9-17-14-8-15(3)7-6-13(10)16(12,14)19-18-15/h10-14H,4-9H2,1-3H3/t10-,11+,12+,13+,14+,15+,16-/m1/s1. The molecule has 0 radical (unpaired) electrons. The van der Waals surface area contributed by atoms with Crippen molar-refractivity contribution in [1.82, 2.24) is 0 Å². The van der Waals surface area contributed by atoms with Gasteiger partial charge < -0.3 is 4.74 Å². The number of hydrogen-bond acceptors (Lipinski definition) is 3. The van der Waals surface area contributed by atoms with Crippen LogP contribution in [0.3, 0.4) is 0 Å². The average molecular weight is 266 g/mol. The summed E-state index contributed by atoms with van der Waals surface area (Å²) in [4.78, 5) is 12.1. The predicted molar refractivity (Wildman–Crippen MR) is 71.4 cm³/mol. The first-order valence-electron chi connectivity index (χ1n) is 8.04. The van der Waals surface area contributed by atoms with E-state index in [0.717, 1.165) is 25.4 Å². The summed E-state index contributed by atoms with van der Waals surface area (Å²) in [6, 6.07) is 0. The number of fused-ring (bicyclic) bond motifs is 2. The Hall–Kier alpha value is -0.120. The van der Waals surface area contributed by atoms with Crippen LogP contribution in [-0.2, 0) is 14.5 Å². The Morgan fingerprint density at radius 1 is 0.947 bits per heavy atom. The van der Waals surface area contributed by atoms with Gasteiger partial charge in [0.2, 0.25) is 0 Å². The van der Waals surface area contributed by atoms with Gasteiger partial charge in [0.05, 0.1) is 12.7 Å². The molecule has 5 rings (SSSR count). The molecular formula is C16H26O3. The van der Waals surface area contributed by atoms with Gasteiger partial charge in [0.25, 0.3) is 0 Å². The van der Waals surface area contributed by atoms with E-state index in [1.807, 2.05) is 0 Å². The normalized spacial score (nSPS) is 60.5. The monoisotopic (exact) mass is 266 g/mol. The summed E-state index contributed by atoms with van der Waals surface area (Å²) in [5.74, 6) is 2.56. The molecule has 1 spiro atoms. The van der Waals surface area contributed by atoms with E-state index >= 15 is 0 Å². The molecule has 2 saturated carbocycles. The molecule has 7 atom stereocenters. The minimum Gasteiger partial charge on any atom is -0.375 e. The van der Waals surface area contributed by atoms with Crippen molar-refractivity contribution in [2.24, 2.45) is 23.7 Å². The number of rotatable bonds is 0. The molecule has 0 unspecified atom stereocenters. The molecule has 2 aliphatic carbocycles. The minimum absolute atomic E-state index is 0.127. The Morgan fingerprint density at radius 3 is 2.58 bits per heavy atom. The van der Waals surface area contributed by atoms with E-state index < -0.39 is 0 Å². The molecule has 3 aliphatic heterocycles. The van der Waals surface area contributed by atoms with Crippen LogP contribution in [0.4, 0.5) is 0 Å². The van der Waals surface area contributed by atoms with Crippen LogP contribution >= 0.6 is 0 Å². The molecule has 3 saturated heterocycles. The van der Waals surface area contributed by atoms with Gasteiger partial charge in [-0.1, -0.05) is 13.8 Å². The highest BCUT2D eigenvalue weighted by molar-refractivity contribution is 5.12. The van der Waals surface area contributed by atoms with Crippen molar-refractivity contribution in [3.8, 4) is 0 Å². The van der Waals surface area contributed by atoms with Crippen molar-refractivity contribution in [3.63, 3.8) is 0 Å². The lowest BCUT2D eigenvalue weighted by atomic mass is 9.57. The maximum Gasteiger partial charge on any atom is 0.136 e. The predicted octanol–water partition coefficient (Wildman–Crippen LogP) is 3.33. The lowest BCUT2D eigenvalue weighted by Crippen LogP contribution is -2.67. The summed E-state index contributed by atoms with van der Waals surface area (Å²) in [6.45, 7) is 7.82. The first kappa shape index (κ1) is 12.6. The Morgan fingerprint density at radius 2 is 1.74 bits per heavy atom. The minimum atomic E-state index is -0.147. The van der Waals surface area contributed by atoms with E-state index in [1.165, 1.54) is 19.3 Å². The van der Waals surface area contributed by atoms with Crippen molar-refractivity contribution in [3.05, 3.63) is 0 Å². The van der Waals surface area contributed by atoms with Gasteiger partial charge in [-0.05, 0) is 56.3 Å². The molecular weight excluding hydrogens is 240 g/mol. The molecule has 5 fully saturated rings. The second-order valence-corrected chi connectivity index (χ2v) is 7.78. The zero-order valence-electron chi connectivity index (χ0n) is 12.4. The van der Waals surface area contributed by atoms with E-state index in [0.29, 0.717) is 17.8 Å². The molecule has 0 amide bonds. The SMILES string of the molecule is C[C@@H]1CC[C@H]2[C@@H](C)CO[C@H]3C[C@]4(C)CC[C@@H]1[C@@]32OO4. The maximum atomic E-state index is 6.24. The number of hydrogen-bond donors (Lipinski definition) is 0. The van der Waals surface area contributed by atoms with Crippen LogP contribution in [-0.4, -0.2) is 23.9 Å². The zero-order valence-corrected chi connectivity index (χ0v) is 12.4. The smallest absolute Gasteiger partial charge is 0.136 e. The van der Waals surface area contributed by atoms with Crippen LogP contribution in [0.2, 0.25) is 0 Å². The topological polar surface area (TPSA) is 27.7 Å². The number of ether oxygens (including phenoxy) is 1. The molecule has 3 heterocycles. The lowest BCUT2D eigenvalue weighted by Gasteiger charge is -2.59. The molecule has 0 aromatic carbocycles. The van der Waals surface area contributed by atoms with E-state index in [1.54, 1.807) is 0 Å². The quantitative estimate of drug-likeness (QED) is 0.629. The average Bonchev–Trinajstić information content (AvgIpc) is 2.61. The van der Waals surface area contributed by atoms with Crippen LogP contribution in [0.15, 0.2) is 0 Å². The molecule has 2 bridgehead atoms. The first-order chi connectivity index (χ1) is 9.05. The van der Waals surface area contributed by atoms with Gasteiger partial charge in [-0.15, -0.1) is 0 Å². The Balaban J connectivity index is 1.81. The lowest BCUT2D eigenvalue weighted by molar-refractivity contribution is -0.483. The summed E-state index contributed by atoms with van der Waals surface area (Å²) in [5, 5.41) is 0. The summed E-state index contributed by atoms with van der Waals surface area (Å²) in [5.41, 5.74) is -0.274. The van der Waals surface area contributed by atoms with Gasteiger partial charge in [0.15, 0.2) is 0 Å². The van der Waals surface area contributed by atoms with E-state index in [-0.39, 0.29) is 17.3 Å². The largest absolute Gasteiger partial charge is 0.375 e. The van der Waals surface area contributed by atoms with Crippen LogP contribution in [0.1, 0.15) is 52.9 Å². The summed E-state index contributed by atoms with van der Waals surface area (Å²) < 4.78 is 6.24. The molecule has 0 aromatic rings. The molecule has 3 nitrogen and oxygen atoms in total. The van der Waals surface area contributed by atoms with E-state index in [2.05, 4.69) is 20.8 Å². The molecule has 19 heavy (non-hydrogen) atoms. The van der Waals surface area contributed by atoms with Gasteiger partial charge in [-0.25, -0.2) is 9.78 Å². The van der Waals surface area contributed by atoms with Gasteiger partial charge in [0, 0.05) is 6.42 Å². The molecule has 0 N–H and O–H groups in total. The third-order valence-electron chi connectivity index (χ3n) is 6.52. The zero-order chi connectivity index (χ0) is 13.3. The summed E-state index contributed by atoms with van der Waals surface area (Å²) >= 11 is 0. The maximum absolute atomic E-state index is 6.24. The van der Waals surface area contributed by atoms with Crippen LogP contribution < -0.4 is 0 Å². The van der Waals surface area contributed by atoms with Gasteiger partial charge in [0.1, 0.15) is 11.2 Å². The van der Waals surface area contributed by atoms with Gasteiger partial charge in [-0.3, -0.25) is 0 Å². The fraction of sp³-hybridized carbons (Fsp3) is 1.00. The highest BCUT2D eigenvalue weighted by Crippen LogP contribution is 2.60. The van der Waals surface area contributed by atoms with Crippen molar-refractivity contribution in [2.75, 3.05) is 6.61 Å². The summed E-state index contributed by atoms with van der Waals surface area (Å²) in [6.07, 6.45) is 6.24. The van der Waals surface area contributed by atoms with Crippen LogP contribution in [0, 0.1) is 23.7 Å².